The topological polar surface area (TPSA) is 21.3 Å². The van der Waals surface area contributed by atoms with Gasteiger partial charge >= 0.3 is 0 Å². The monoisotopic (exact) mass is 337 g/mol. The van der Waals surface area contributed by atoms with Gasteiger partial charge in [-0.1, -0.05) is 33.6 Å². The molecule has 0 atom stereocenters. The molecule has 2 aromatic rings. The van der Waals surface area contributed by atoms with Gasteiger partial charge in [-0.25, -0.2) is 0 Å². The number of fused-ring (bicyclic) bond motifs is 1. The second kappa shape index (κ2) is 5.43. The van der Waals surface area contributed by atoms with Crippen LogP contribution >= 0.6 is 27.5 Å². The fraction of sp³-hybridized carbons (Fsp3) is 0.200. The van der Waals surface area contributed by atoms with E-state index in [0.717, 1.165) is 46.1 Å². The number of halogens is 2. The van der Waals surface area contributed by atoms with Crippen LogP contribution in [0.15, 0.2) is 40.9 Å². The van der Waals surface area contributed by atoms with E-state index in [1.807, 2.05) is 18.2 Å². The lowest BCUT2D eigenvalue weighted by Crippen LogP contribution is -2.18. The summed E-state index contributed by atoms with van der Waals surface area (Å²) in [6.07, 6.45) is 0.813. The Morgan fingerprint density at radius 1 is 1.21 bits per heavy atom. The van der Waals surface area contributed by atoms with Crippen molar-refractivity contribution < 1.29 is 4.74 Å². The van der Waals surface area contributed by atoms with Crippen LogP contribution in [0, 0.1) is 0 Å². The van der Waals surface area contributed by atoms with Crippen LogP contribution in [-0.2, 0) is 6.42 Å². The van der Waals surface area contributed by atoms with E-state index in [4.69, 9.17) is 16.3 Å². The number of nitrogens with one attached hydrogen (secondary N) is 1. The summed E-state index contributed by atoms with van der Waals surface area (Å²) in [4.78, 5) is 0. The molecule has 19 heavy (non-hydrogen) atoms. The van der Waals surface area contributed by atoms with Gasteiger partial charge in [0.2, 0.25) is 0 Å². The average molecular weight is 339 g/mol. The summed E-state index contributed by atoms with van der Waals surface area (Å²) in [5, 5.41) is 4.14. The first-order chi connectivity index (χ1) is 9.22. The van der Waals surface area contributed by atoms with Crippen molar-refractivity contribution in [1.82, 2.24) is 0 Å². The molecule has 1 aliphatic heterocycles. The fourth-order valence-electron chi connectivity index (χ4n) is 2.20. The summed E-state index contributed by atoms with van der Waals surface area (Å²) >= 11 is 9.71. The lowest BCUT2D eigenvalue weighted by molar-refractivity contribution is 0.323. The van der Waals surface area contributed by atoms with E-state index < -0.39 is 0 Å². The zero-order chi connectivity index (χ0) is 13.2. The highest BCUT2D eigenvalue weighted by Gasteiger charge is 2.10. The van der Waals surface area contributed by atoms with Gasteiger partial charge in [0.15, 0.2) is 0 Å². The maximum absolute atomic E-state index is 6.23. The Labute approximate surface area is 125 Å². The molecule has 0 aromatic heterocycles. The van der Waals surface area contributed by atoms with Crippen LogP contribution < -0.4 is 10.1 Å². The van der Waals surface area contributed by atoms with Crippen LogP contribution in [0.25, 0.3) is 0 Å². The van der Waals surface area contributed by atoms with Gasteiger partial charge in [0.25, 0.3) is 0 Å². The molecule has 0 unspecified atom stereocenters. The van der Waals surface area contributed by atoms with Crippen molar-refractivity contribution in [3.8, 4) is 5.75 Å². The summed E-state index contributed by atoms with van der Waals surface area (Å²) < 4.78 is 6.62. The summed E-state index contributed by atoms with van der Waals surface area (Å²) in [5.74, 6) is 0.926. The molecule has 2 aromatic carbocycles. The van der Waals surface area contributed by atoms with Crippen LogP contribution in [0.5, 0.6) is 5.75 Å². The molecule has 0 saturated carbocycles. The fourth-order valence-corrected chi connectivity index (χ4v) is 2.79. The SMILES string of the molecule is Clc1ccc(Br)cc1Cc1ccc2c(c1)NCCO2. The van der Waals surface area contributed by atoms with Crippen molar-refractivity contribution in [3.05, 3.63) is 57.0 Å². The highest BCUT2D eigenvalue weighted by molar-refractivity contribution is 9.10. The molecule has 0 spiro atoms. The Morgan fingerprint density at radius 3 is 3.00 bits per heavy atom. The van der Waals surface area contributed by atoms with E-state index in [9.17, 15) is 0 Å². The van der Waals surface area contributed by atoms with Crippen molar-refractivity contribution >= 4 is 33.2 Å². The Bertz CT molecular complexity index is 615. The Morgan fingerprint density at radius 2 is 2.11 bits per heavy atom. The average Bonchev–Trinajstić information content (AvgIpc) is 2.43. The lowest BCUT2D eigenvalue weighted by atomic mass is 10.0. The standard InChI is InChI=1S/C15H13BrClNO/c16-12-2-3-13(17)11(9-12)7-10-1-4-15-14(8-10)18-5-6-19-15/h1-4,8-9,18H,5-7H2. The molecule has 1 heterocycles. The molecule has 98 valence electrons. The van der Waals surface area contributed by atoms with E-state index in [0.29, 0.717) is 0 Å². The normalized spacial score (nSPS) is 13.4. The second-order valence-corrected chi connectivity index (χ2v) is 5.84. The molecule has 1 N–H and O–H groups in total. The lowest BCUT2D eigenvalue weighted by Gasteiger charge is -2.19. The van der Waals surface area contributed by atoms with Gasteiger partial charge in [0.1, 0.15) is 12.4 Å². The van der Waals surface area contributed by atoms with Crippen LogP contribution in [0.3, 0.4) is 0 Å². The third-order valence-electron chi connectivity index (χ3n) is 3.12. The van der Waals surface area contributed by atoms with Crippen molar-refractivity contribution in [1.29, 1.82) is 0 Å². The molecular weight excluding hydrogens is 326 g/mol. The van der Waals surface area contributed by atoms with Crippen LogP contribution in [0.1, 0.15) is 11.1 Å². The van der Waals surface area contributed by atoms with E-state index in [-0.39, 0.29) is 0 Å². The molecule has 0 bridgehead atoms. The van der Waals surface area contributed by atoms with Crippen LogP contribution in [0.4, 0.5) is 5.69 Å². The number of rotatable bonds is 2. The number of ether oxygens (including phenoxy) is 1. The predicted molar refractivity (Wildman–Crippen MR) is 82.4 cm³/mol. The van der Waals surface area contributed by atoms with Gasteiger partial charge in [-0.3, -0.25) is 0 Å². The zero-order valence-electron chi connectivity index (χ0n) is 10.2. The quantitative estimate of drug-likeness (QED) is 0.870. The Balaban J connectivity index is 1.89. The van der Waals surface area contributed by atoms with Crippen molar-refractivity contribution in [2.45, 2.75) is 6.42 Å². The molecule has 3 rings (SSSR count). The van der Waals surface area contributed by atoms with Gasteiger partial charge < -0.3 is 10.1 Å². The highest BCUT2D eigenvalue weighted by atomic mass is 79.9. The third-order valence-corrected chi connectivity index (χ3v) is 3.98. The summed E-state index contributed by atoms with van der Waals surface area (Å²) in [6.45, 7) is 1.58. The van der Waals surface area contributed by atoms with Crippen molar-refractivity contribution in [3.63, 3.8) is 0 Å². The number of hydrogen-bond donors (Lipinski definition) is 1. The Hall–Kier alpha value is -1.19. The first kappa shape index (κ1) is 12.8. The Kier molecular flexibility index (Phi) is 3.67. The second-order valence-electron chi connectivity index (χ2n) is 4.52. The molecule has 0 fully saturated rings. The number of benzene rings is 2. The van der Waals surface area contributed by atoms with Crippen LogP contribution in [-0.4, -0.2) is 13.2 Å². The number of anilines is 1. The maximum Gasteiger partial charge on any atom is 0.142 e. The molecule has 2 nitrogen and oxygen atoms in total. The van der Waals surface area contributed by atoms with Gasteiger partial charge in [-0.05, 0) is 47.9 Å². The smallest absolute Gasteiger partial charge is 0.142 e. The minimum Gasteiger partial charge on any atom is -0.490 e. The van der Waals surface area contributed by atoms with Gasteiger partial charge in [-0.15, -0.1) is 0 Å². The molecule has 1 aliphatic rings. The third kappa shape index (κ3) is 2.88. The van der Waals surface area contributed by atoms with E-state index in [1.54, 1.807) is 0 Å². The minimum absolute atomic E-state index is 0.726. The van der Waals surface area contributed by atoms with Crippen molar-refractivity contribution in [2.24, 2.45) is 0 Å². The van der Waals surface area contributed by atoms with E-state index in [2.05, 4.69) is 39.4 Å². The first-order valence-electron chi connectivity index (χ1n) is 6.16. The number of hydrogen-bond acceptors (Lipinski definition) is 2. The van der Waals surface area contributed by atoms with Gasteiger partial charge in [0, 0.05) is 16.0 Å². The zero-order valence-corrected chi connectivity index (χ0v) is 12.6. The van der Waals surface area contributed by atoms with Crippen LogP contribution in [0.2, 0.25) is 5.02 Å². The van der Waals surface area contributed by atoms with E-state index in [1.165, 1.54) is 5.56 Å². The largest absolute Gasteiger partial charge is 0.490 e. The summed E-state index contributed by atoms with van der Waals surface area (Å²) in [5.41, 5.74) is 3.40. The first-order valence-corrected chi connectivity index (χ1v) is 7.33. The minimum atomic E-state index is 0.726. The summed E-state index contributed by atoms with van der Waals surface area (Å²) in [6, 6.07) is 12.2. The predicted octanol–water partition coefficient (Wildman–Crippen LogP) is 4.50. The molecule has 4 heteroatoms. The van der Waals surface area contributed by atoms with Gasteiger partial charge in [0.05, 0.1) is 5.69 Å². The van der Waals surface area contributed by atoms with Gasteiger partial charge in [-0.2, -0.15) is 0 Å². The van der Waals surface area contributed by atoms with Crippen molar-refractivity contribution in [2.75, 3.05) is 18.5 Å². The molecule has 0 amide bonds. The summed E-state index contributed by atoms with van der Waals surface area (Å²) in [7, 11) is 0. The highest BCUT2D eigenvalue weighted by Crippen LogP contribution is 2.30. The molecular formula is C15H13BrClNO. The maximum atomic E-state index is 6.23. The molecule has 0 saturated heterocycles. The van der Waals surface area contributed by atoms with E-state index >= 15 is 0 Å². The molecule has 0 aliphatic carbocycles. The molecule has 0 radical (unpaired) electrons.